The number of hydrogen-bond donors (Lipinski definition) is 2. The second-order valence-electron chi connectivity index (χ2n) is 2.91. The van der Waals surface area contributed by atoms with Crippen LogP contribution in [0.15, 0.2) is 30.3 Å². The third kappa shape index (κ3) is 3.37. The van der Waals surface area contributed by atoms with E-state index in [1.807, 2.05) is 30.3 Å². The van der Waals surface area contributed by atoms with Gasteiger partial charge in [-0.15, -0.1) is 0 Å². The van der Waals surface area contributed by atoms with Gasteiger partial charge in [0.15, 0.2) is 0 Å². The molecule has 14 heavy (non-hydrogen) atoms. The number of hydrogen-bond acceptors (Lipinski definition) is 3. The molecule has 0 atom stereocenters. The molecule has 0 saturated heterocycles. The number of hydroxylamine groups is 1. The second kappa shape index (κ2) is 5.14. The highest BCUT2D eigenvalue weighted by Gasteiger charge is 2.08. The van der Waals surface area contributed by atoms with Gasteiger partial charge in [-0.25, -0.2) is 5.48 Å². The Morgan fingerprint density at radius 3 is 2.43 bits per heavy atom. The standard InChI is InChI=1S/C10H11NO3/c12-9(7-10(13)11-14)6-8-4-2-1-3-5-8/h1-5,14H,6-7H2,(H,11,13). The molecule has 0 aliphatic heterocycles. The van der Waals surface area contributed by atoms with Gasteiger partial charge in [-0.3, -0.25) is 14.8 Å². The van der Waals surface area contributed by atoms with Crippen LogP contribution in [0.5, 0.6) is 0 Å². The van der Waals surface area contributed by atoms with Gasteiger partial charge in [0.05, 0.1) is 6.42 Å². The van der Waals surface area contributed by atoms with Crippen molar-refractivity contribution in [2.24, 2.45) is 0 Å². The number of carbonyl (C=O) groups is 2. The lowest BCUT2D eigenvalue weighted by molar-refractivity contribution is -0.133. The highest BCUT2D eigenvalue weighted by molar-refractivity contribution is 5.98. The van der Waals surface area contributed by atoms with Gasteiger partial charge in [0.1, 0.15) is 5.78 Å². The molecule has 4 heteroatoms. The number of ketones is 1. The summed E-state index contributed by atoms with van der Waals surface area (Å²) in [5, 5.41) is 8.20. The van der Waals surface area contributed by atoms with E-state index in [2.05, 4.69) is 0 Å². The first-order chi connectivity index (χ1) is 6.72. The first-order valence-corrected chi connectivity index (χ1v) is 4.21. The van der Waals surface area contributed by atoms with Crippen molar-refractivity contribution in [3.8, 4) is 0 Å². The fourth-order valence-corrected chi connectivity index (χ4v) is 1.10. The van der Waals surface area contributed by atoms with E-state index in [0.717, 1.165) is 5.56 Å². The molecule has 1 amide bonds. The third-order valence-corrected chi connectivity index (χ3v) is 1.73. The molecule has 1 aromatic rings. The van der Waals surface area contributed by atoms with Crippen LogP contribution >= 0.6 is 0 Å². The summed E-state index contributed by atoms with van der Waals surface area (Å²) < 4.78 is 0. The number of carbonyl (C=O) groups excluding carboxylic acids is 2. The van der Waals surface area contributed by atoms with Crippen LogP contribution in [0.2, 0.25) is 0 Å². The lowest BCUT2D eigenvalue weighted by Gasteiger charge is -1.99. The van der Waals surface area contributed by atoms with Gasteiger partial charge in [-0.2, -0.15) is 0 Å². The van der Waals surface area contributed by atoms with Crippen LogP contribution in [-0.2, 0) is 16.0 Å². The SMILES string of the molecule is O=C(CC(=O)NO)Cc1ccccc1. The maximum absolute atomic E-state index is 11.2. The molecule has 0 saturated carbocycles. The summed E-state index contributed by atoms with van der Waals surface area (Å²) >= 11 is 0. The Morgan fingerprint density at radius 1 is 1.21 bits per heavy atom. The molecule has 0 heterocycles. The first-order valence-electron chi connectivity index (χ1n) is 4.21. The summed E-state index contributed by atoms with van der Waals surface area (Å²) in [6, 6.07) is 9.14. The zero-order valence-electron chi connectivity index (χ0n) is 7.56. The van der Waals surface area contributed by atoms with Gasteiger partial charge in [-0.05, 0) is 5.56 Å². The molecule has 1 aromatic carbocycles. The number of benzene rings is 1. The Labute approximate surface area is 81.5 Å². The first kappa shape index (κ1) is 10.4. The van der Waals surface area contributed by atoms with Crippen molar-refractivity contribution in [3.63, 3.8) is 0 Å². The highest BCUT2D eigenvalue weighted by atomic mass is 16.5. The lowest BCUT2D eigenvalue weighted by atomic mass is 10.1. The van der Waals surface area contributed by atoms with Crippen LogP contribution < -0.4 is 5.48 Å². The van der Waals surface area contributed by atoms with Crippen LogP contribution in [0.25, 0.3) is 0 Å². The lowest BCUT2D eigenvalue weighted by Crippen LogP contribution is -2.22. The summed E-state index contributed by atoms with van der Waals surface area (Å²) in [5.74, 6) is -0.895. The van der Waals surface area contributed by atoms with Gasteiger partial charge in [-0.1, -0.05) is 30.3 Å². The average molecular weight is 193 g/mol. The molecule has 0 bridgehead atoms. The van der Waals surface area contributed by atoms with Gasteiger partial charge in [0.2, 0.25) is 0 Å². The van der Waals surface area contributed by atoms with Crippen molar-refractivity contribution in [2.75, 3.05) is 0 Å². The number of Topliss-reactive ketones (excluding diaryl/α,β-unsaturated/α-hetero) is 1. The van der Waals surface area contributed by atoms with E-state index in [0.29, 0.717) is 0 Å². The molecular formula is C10H11NO3. The molecule has 1 rings (SSSR count). The van der Waals surface area contributed by atoms with Crippen molar-refractivity contribution in [2.45, 2.75) is 12.8 Å². The number of amides is 1. The van der Waals surface area contributed by atoms with Crippen LogP contribution in [-0.4, -0.2) is 16.9 Å². The molecule has 0 spiro atoms. The topological polar surface area (TPSA) is 66.4 Å². The molecule has 4 nitrogen and oxygen atoms in total. The van der Waals surface area contributed by atoms with Crippen molar-refractivity contribution in [1.29, 1.82) is 0 Å². The van der Waals surface area contributed by atoms with Gasteiger partial charge >= 0.3 is 0 Å². The molecule has 0 unspecified atom stereocenters. The van der Waals surface area contributed by atoms with E-state index < -0.39 is 5.91 Å². The number of nitrogens with one attached hydrogen (secondary N) is 1. The van der Waals surface area contributed by atoms with E-state index in [1.54, 1.807) is 0 Å². The van der Waals surface area contributed by atoms with E-state index >= 15 is 0 Å². The maximum Gasteiger partial charge on any atom is 0.250 e. The molecule has 0 aromatic heterocycles. The quantitative estimate of drug-likeness (QED) is 0.420. The molecule has 0 aliphatic rings. The van der Waals surface area contributed by atoms with Crippen LogP contribution in [0, 0.1) is 0 Å². The third-order valence-electron chi connectivity index (χ3n) is 1.73. The summed E-state index contributed by atoms with van der Waals surface area (Å²) in [4.78, 5) is 21.8. The van der Waals surface area contributed by atoms with E-state index in [-0.39, 0.29) is 18.6 Å². The fraction of sp³-hybridized carbons (Fsp3) is 0.200. The van der Waals surface area contributed by atoms with Crippen molar-refractivity contribution >= 4 is 11.7 Å². The normalized spacial score (nSPS) is 9.50. The molecular weight excluding hydrogens is 182 g/mol. The minimum atomic E-state index is -0.675. The van der Waals surface area contributed by atoms with E-state index in [4.69, 9.17) is 5.21 Å². The van der Waals surface area contributed by atoms with Crippen LogP contribution in [0.4, 0.5) is 0 Å². The minimum Gasteiger partial charge on any atom is -0.299 e. The predicted octanol–water partition coefficient (Wildman–Crippen LogP) is 0.694. The minimum absolute atomic E-state index is 0.217. The van der Waals surface area contributed by atoms with Gasteiger partial charge in [0.25, 0.3) is 5.91 Å². The average Bonchev–Trinajstić information content (AvgIpc) is 2.19. The number of rotatable bonds is 4. The zero-order valence-corrected chi connectivity index (χ0v) is 7.56. The van der Waals surface area contributed by atoms with Gasteiger partial charge in [0, 0.05) is 6.42 Å². The summed E-state index contributed by atoms with van der Waals surface area (Å²) in [6.45, 7) is 0. The second-order valence-corrected chi connectivity index (χ2v) is 2.91. The monoisotopic (exact) mass is 193 g/mol. The van der Waals surface area contributed by atoms with Crippen molar-refractivity contribution in [1.82, 2.24) is 5.48 Å². The Hall–Kier alpha value is -1.68. The summed E-state index contributed by atoms with van der Waals surface area (Å²) in [6.07, 6.45) is -0.0698. The molecule has 2 N–H and O–H groups in total. The highest BCUT2D eigenvalue weighted by Crippen LogP contribution is 2.01. The molecule has 0 fully saturated rings. The van der Waals surface area contributed by atoms with Crippen LogP contribution in [0.3, 0.4) is 0 Å². The Kier molecular flexibility index (Phi) is 3.82. The molecule has 0 radical (unpaired) electrons. The van der Waals surface area contributed by atoms with Crippen LogP contribution in [0.1, 0.15) is 12.0 Å². The smallest absolute Gasteiger partial charge is 0.250 e. The van der Waals surface area contributed by atoms with E-state index in [9.17, 15) is 9.59 Å². The Morgan fingerprint density at radius 2 is 1.86 bits per heavy atom. The molecule has 74 valence electrons. The molecule has 0 aliphatic carbocycles. The van der Waals surface area contributed by atoms with E-state index in [1.165, 1.54) is 5.48 Å². The summed E-state index contributed by atoms with van der Waals surface area (Å²) in [5.41, 5.74) is 2.29. The maximum atomic E-state index is 11.2. The van der Waals surface area contributed by atoms with Crippen molar-refractivity contribution < 1.29 is 14.8 Å². The largest absolute Gasteiger partial charge is 0.299 e. The Bertz CT molecular complexity index is 321. The summed E-state index contributed by atoms with van der Waals surface area (Å²) in [7, 11) is 0. The zero-order chi connectivity index (χ0) is 10.4. The Balaban J connectivity index is 2.46. The van der Waals surface area contributed by atoms with Crippen molar-refractivity contribution in [3.05, 3.63) is 35.9 Å². The van der Waals surface area contributed by atoms with Gasteiger partial charge < -0.3 is 0 Å². The fourth-order valence-electron chi connectivity index (χ4n) is 1.10. The predicted molar refractivity (Wildman–Crippen MR) is 49.7 cm³/mol.